The van der Waals surface area contributed by atoms with E-state index in [0.717, 1.165) is 11.1 Å². The lowest BCUT2D eigenvalue weighted by atomic mass is 10.1. The maximum atomic E-state index is 12.2. The first-order valence-electron chi connectivity index (χ1n) is 8.18. The smallest absolute Gasteiger partial charge is 0.352 e. The van der Waals surface area contributed by atoms with Crippen LogP contribution >= 0.6 is 0 Å². The molecule has 0 bridgehead atoms. The molecule has 0 unspecified atom stereocenters. The maximum absolute atomic E-state index is 12.2. The number of hydrogen-bond donors (Lipinski definition) is 3. The van der Waals surface area contributed by atoms with Gasteiger partial charge in [0.2, 0.25) is 0 Å². The van der Waals surface area contributed by atoms with E-state index in [1.54, 1.807) is 66.7 Å². The van der Waals surface area contributed by atoms with Crippen molar-refractivity contribution in [2.75, 3.05) is 0 Å². The second kappa shape index (κ2) is 8.16. The van der Waals surface area contributed by atoms with Gasteiger partial charge in [-0.25, -0.2) is 4.79 Å². The molecule has 0 spiro atoms. The molecule has 1 aromatic heterocycles. The minimum Gasteiger partial charge on any atom is -0.477 e. The number of carbonyl (C=O) groups excluding carboxylic acids is 1. The summed E-state index contributed by atoms with van der Waals surface area (Å²) in [4.78, 5) is 23.6. The van der Waals surface area contributed by atoms with E-state index in [-0.39, 0.29) is 12.3 Å². The predicted octanol–water partition coefficient (Wildman–Crippen LogP) is 3.29. The zero-order valence-corrected chi connectivity index (χ0v) is 14.3. The number of amides is 1. The Hall–Kier alpha value is -3.64. The Labute approximate surface area is 155 Å². The van der Waals surface area contributed by atoms with Crippen molar-refractivity contribution < 1.29 is 24.2 Å². The number of carboxylic acid groups (broad SMARTS) is 1. The molecule has 0 saturated heterocycles. The summed E-state index contributed by atoms with van der Waals surface area (Å²) in [5, 5.41) is 20.8. The van der Waals surface area contributed by atoms with Gasteiger partial charge in [-0.1, -0.05) is 42.5 Å². The van der Waals surface area contributed by atoms with Crippen molar-refractivity contribution in [3.05, 3.63) is 89.3 Å². The molecular formula is C21H17NO5. The summed E-state index contributed by atoms with van der Waals surface area (Å²) in [7, 11) is 0. The van der Waals surface area contributed by atoms with Gasteiger partial charge < -0.3 is 19.9 Å². The molecule has 3 aromatic rings. The number of rotatable bonds is 6. The van der Waals surface area contributed by atoms with Crippen LogP contribution in [0.25, 0.3) is 17.4 Å². The van der Waals surface area contributed by atoms with Crippen LogP contribution in [0, 0.1) is 0 Å². The van der Waals surface area contributed by atoms with Gasteiger partial charge in [0.25, 0.3) is 5.91 Å². The summed E-state index contributed by atoms with van der Waals surface area (Å²) in [5.41, 5.74) is 1.63. The van der Waals surface area contributed by atoms with Crippen LogP contribution in [-0.2, 0) is 11.4 Å². The third kappa shape index (κ3) is 4.50. The molecule has 0 aliphatic rings. The van der Waals surface area contributed by atoms with Gasteiger partial charge in [0, 0.05) is 17.2 Å². The molecule has 136 valence electrons. The molecule has 1 heterocycles. The van der Waals surface area contributed by atoms with Crippen LogP contribution in [-0.4, -0.2) is 22.1 Å². The number of aliphatic hydroxyl groups is 1. The Bertz CT molecular complexity index is 971. The van der Waals surface area contributed by atoms with Gasteiger partial charge in [0.15, 0.2) is 0 Å². The van der Waals surface area contributed by atoms with E-state index in [0.29, 0.717) is 17.1 Å². The normalized spacial score (nSPS) is 11.2. The lowest BCUT2D eigenvalue weighted by Crippen LogP contribution is -2.27. The first-order valence-corrected chi connectivity index (χ1v) is 8.18. The van der Waals surface area contributed by atoms with Crippen molar-refractivity contribution in [3.8, 4) is 11.3 Å². The second-order valence-electron chi connectivity index (χ2n) is 5.74. The summed E-state index contributed by atoms with van der Waals surface area (Å²) in [5.74, 6) is -0.952. The van der Waals surface area contributed by atoms with Crippen LogP contribution < -0.4 is 5.32 Å². The first-order chi connectivity index (χ1) is 13.1. The van der Waals surface area contributed by atoms with Crippen LogP contribution in [0.1, 0.15) is 21.7 Å². The Morgan fingerprint density at radius 3 is 2.30 bits per heavy atom. The van der Waals surface area contributed by atoms with Crippen molar-refractivity contribution >= 4 is 18.0 Å². The highest BCUT2D eigenvalue weighted by Crippen LogP contribution is 2.23. The molecular weight excluding hydrogens is 346 g/mol. The SMILES string of the molecule is O=C(O)C(=Cc1ccc(-c2ccc(CO)cc2)o1)NC(=O)c1ccccc1. The van der Waals surface area contributed by atoms with Crippen molar-refractivity contribution in [3.63, 3.8) is 0 Å². The monoisotopic (exact) mass is 363 g/mol. The minimum absolute atomic E-state index is 0.0461. The second-order valence-corrected chi connectivity index (χ2v) is 5.74. The fourth-order valence-electron chi connectivity index (χ4n) is 2.44. The summed E-state index contributed by atoms with van der Waals surface area (Å²) in [6, 6.07) is 18.8. The average molecular weight is 363 g/mol. The highest BCUT2D eigenvalue weighted by molar-refractivity contribution is 6.02. The summed E-state index contributed by atoms with van der Waals surface area (Å²) in [6.45, 7) is -0.0461. The lowest BCUT2D eigenvalue weighted by molar-refractivity contribution is -0.132. The first kappa shape index (κ1) is 18.2. The summed E-state index contributed by atoms with van der Waals surface area (Å²) >= 11 is 0. The Morgan fingerprint density at radius 1 is 0.963 bits per heavy atom. The fourth-order valence-corrected chi connectivity index (χ4v) is 2.44. The molecule has 0 saturated carbocycles. The van der Waals surface area contributed by atoms with E-state index in [4.69, 9.17) is 9.52 Å². The number of aliphatic carboxylic acids is 1. The number of benzene rings is 2. The fraction of sp³-hybridized carbons (Fsp3) is 0.0476. The Kier molecular flexibility index (Phi) is 5.49. The summed E-state index contributed by atoms with van der Waals surface area (Å²) in [6.07, 6.45) is 1.26. The minimum atomic E-state index is -1.27. The van der Waals surface area contributed by atoms with E-state index < -0.39 is 11.9 Å². The quantitative estimate of drug-likeness (QED) is 0.584. The number of nitrogens with one attached hydrogen (secondary N) is 1. The molecule has 0 aliphatic carbocycles. The van der Waals surface area contributed by atoms with Crippen molar-refractivity contribution in [2.24, 2.45) is 0 Å². The molecule has 2 aromatic carbocycles. The number of furan rings is 1. The molecule has 6 heteroatoms. The molecule has 3 N–H and O–H groups in total. The van der Waals surface area contributed by atoms with Crippen molar-refractivity contribution in [1.82, 2.24) is 5.32 Å². The van der Waals surface area contributed by atoms with Gasteiger partial charge in [-0.3, -0.25) is 4.79 Å². The van der Waals surface area contributed by atoms with Crippen LogP contribution in [0.4, 0.5) is 0 Å². The van der Waals surface area contributed by atoms with Crippen LogP contribution in [0.3, 0.4) is 0 Å². The van der Waals surface area contributed by atoms with E-state index in [1.807, 2.05) is 0 Å². The zero-order chi connectivity index (χ0) is 19.2. The van der Waals surface area contributed by atoms with Crippen LogP contribution in [0.15, 0.2) is 76.8 Å². The number of carboxylic acids is 1. The molecule has 0 atom stereocenters. The molecule has 3 rings (SSSR count). The van der Waals surface area contributed by atoms with Gasteiger partial charge in [-0.05, 0) is 29.8 Å². The molecule has 0 fully saturated rings. The highest BCUT2D eigenvalue weighted by Gasteiger charge is 2.14. The Morgan fingerprint density at radius 2 is 1.67 bits per heavy atom. The highest BCUT2D eigenvalue weighted by atomic mass is 16.4. The maximum Gasteiger partial charge on any atom is 0.352 e. The molecule has 0 aliphatic heterocycles. The number of aliphatic hydroxyl groups excluding tert-OH is 1. The Balaban J connectivity index is 1.81. The average Bonchev–Trinajstić information content (AvgIpc) is 3.16. The molecule has 27 heavy (non-hydrogen) atoms. The van der Waals surface area contributed by atoms with Crippen molar-refractivity contribution in [1.29, 1.82) is 0 Å². The van der Waals surface area contributed by atoms with Gasteiger partial charge in [-0.15, -0.1) is 0 Å². The summed E-state index contributed by atoms with van der Waals surface area (Å²) < 4.78 is 5.66. The van der Waals surface area contributed by atoms with Crippen molar-refractivity contribution in [2.45, 2.75) is 6.61 Å². The van der Waals surface area contributed by atoms with E-state index in [1.165, 1.54) is 6.08 Å². The van der Waals surface area contributed by atoms with Crippen LogP contribution in [0.2, 0.25) is 0 Å². The topological polar surface area (TPSA) is 99.8 Å². The van der Waals surface area contributed by atoms with E-state index in [9.17, 15) is 14.7 Å². The zero-order valence-electron chi connectivity index (χ0n) is 14.3. The van der Waals surface area contributed by atoms with Gasteiger partial charge in [-0.2, -0.15) is 0 Å². The number of carbonyl (C=O) groups is 2. The van der Waals surface area contributed by atoms with Gasteiger partial charge in [0.1, 0.15) is 17.2 Å². The third-order valence-corrected chi connectivity index (χ3v) is 3.85. The predicted molar refractivity (Wildman–Crippen MR) is 99.6 cm³/mol. The van der Waals surface area contributed by atoms with Crippen LogP contribution in [0.5, 0.6) is 0 Å². The standard InChI is InChI=1S/C21H17NO5/c23-13-14-6-8-15(9-7-14)19-11-10-17(27-19)12-18(21(25)26)22-20(24)16-4-2-1-3-5-16/h1-12,23H,13H2,(H,22,24)(H,25,26). The van der Waals surface area contributed by atoms with E-state index in [2.05, 4.69) is 5.32 Å². The third-order valence-electron chi connectivity index (χ3n) is 3.85. The molecule has 6 nitrogen and oxygen atoms in total. The molecule has 1 amide bonds. The molecule has 0 radical (unpaired) electrons. The largest absolute Gasteiger partial charge is 0.477 e. The van der Waals surface area contributed by atoms with Gasteiger partial charge in [0.05, 0.1) is 6.61 Å². The lowest BCUT2D eigenvalue weighted by Gasteiger charge is -2.05. The number of hydrogen-bond acceptors (Lipinski definition) is 4. The van der Waals surface area contributed by atoms with E-state index >= 15 is 0 Å². The van der Waals surface area contributed by atoms with Gasteiger partial charge >= 0.3 is 5.97 Å².